The van der Waals surface area contributed by atoms with Crippen molar-refractivity contribution in [3.05, 3.63) is 35.4 Å². The van der Waals surface area contributed by atoms with Crippen LogP contribution in [0.5, 0.6) is 0 Å². The minimum absolute atomic E-state index is 0.0447. The van der Waals surface area contributed by atoms with E-state index in [1.54, 1.807) is 0 Å². The van der Waals surface area contributed by atoms with Crippen molar-refractivity contribution >= 4 is 5.97 Å². The van der Waals surface area contributed by atoms with Crippen molar-refractivity contribution in [2.75, 3.05) is 6.54 Å². The second-order valence-electron chi connectivity index (χ2n) is 5.22. The molecule has 18 heavy (non-hydrogen) atoms. The fraction of sp³-hybridized carbons (Fsp3) is 0.533. The zero-order chi connectivity index (χ0) is 13.1. The lowest BCUT2D eigenvalue weighted by molar-refractivity contribution is -0.152. The normalized spacial score (nSPS) is 23.3. The van der Waals surface area contributed by atoms with Crippen LogP contribution in [0.4, 0.5) is 0 Å². The van der Waals surface area contributed by atoms with Gasteiger partial charge in [0.1, 0.15) is 0 Å². The van der Waals surface area contributed by atoms with Gasteiger partial charge in [-0.05, 0) is 39.3 Å². The van der Waals surface area contributed by atoms with E-state index in [-0.39, 0.29) is 24.0 Å². The van der Waals surface area contributed by atoms with Gasteiger partial charge in [-0.1, -0.05) is 29.8 Å². The van der Waals surface area contributed by atoms with Crippen molar-refractivity contribution in [2.45, 2.75) is 39.3 Å². The van der Waals surface area contributed by atoms with Gasteiger partial charge in [0.25, 0.3) is 0 Å². The van der Waals surface area contributed by atoms with Gasteiger partial charge in [-0.2, -0.15) is 0 Å². The number of nitrogens with one attached hydrogen (secondary N) is 1. The average molecular weight is 247 g/mol. The molecule has 1 aromatic rings. The standard InChI is InChI=1S/C15H21NO2/c1-10(2)18-15(17)13-8-9-16-14(13)12-6-4-11(3)5-7-12/h4-7,10,13-14,16H,8-9H2,1-3H3/t13-,14+/m1/s1. The highest BCUT2D eigenvalue weighted by molar-refractivity contribution is 5.74. The highest BCUT2D eigenvalue weighted by Crippen LogP contribution is 2.30. The van der Waals surface area contributed by atoms with Gasteiger partial charge in [-0.3, -0.25) is 4.79 Å². The highest BCUT2D eigenvalue weighted by atomic mass is 16.5. The molecule has 0 aliphatic carbocycles. The summed E-state index contributed by atoms with van der Waals surface area (Å²) < 4.78 is 5.33. The van der Waals surface area contributed by atoms with E-state index >= 15 is 0 Å². The van der Waals surface area contributed by atoms with Gasteiger partial charge in [-0.25, -0.2) is 0 Å². The number of rotatable bonds is 3. The number of hydrogen-bond donors (Lipinski definition) is 1. The first-order valence-electron chi connectivity index (χ1n) is 6.58. The van der Waals surface area contributed by atoms with Gasteiger partial charge in [0.15, 0.2) is 0 Å². The van der Waals surface area contributed by atoms with Crippen LogP contribution < -0.4 is 5.32 Å². The highest BCUT2D eigenvalue weighted by Gasteiger charge is 2.35. The van der Waals surface area contributed by atoms with Crippen LogP contribution in [-0.2, 0) is 9.53 Å². The number of carbonyl (C=O) groups is 1. The van der Waals surface area contributed by atoms with E-state index in [0.717, 1.165) is 13.0 Å². The van der Waals surface area contributed by atoms with Crippen LogP contribution in [0.15, 0.2) is 24.3 Å². The topological polar surface area (TPSA) is 38.3 Å². The maximum Gasteiger partial charge on any atom is 0.311 e. The molecule has 0 radical (unpaired) electrons. The summed E-state index contributed by atoms with van der Waals surface area (Å²) in [6.07, 6.45) is 0.807. The molecule has 0 saturated carbocycles. The molecule has 0 spiro atoms. The van der Waals surface area contributed by atoms with Gasteiger partial charge in [0.2, 0.25) is 0 Å². The van der Waals surface area contributed by atoms with Crippen LogP contribution in [0, 0.1) is 12.8 Å². The number of carbonyl (C=O) groups excluding carboxylic acids is 1. The molecular formula is C15H21NO2. The molecule has 0 aromatic heterocycles. The second kappa shape index (κ2) is 5.53. The average Bonchev–Trinajstić information content (AvgIpc) is 2.78. The van der Waals surface area contributed by atoms with Crippen LogP contribution >= 0.6 is 0 Å². The molecule has 1 heterocycles. The molecule has 0 bridgehead atoms. The van der Waals surface area contributed by atoms with Crippen LogP contribution in [0.2, 0.25) is 0 Å². The molecule has 0 unspecified atom stereocenters. The monoisotopic (exact) mass is 247 g/mol. The fourth-order valence-electron chi connectivity index (χ4n) is 2.40. The van der Waals surface area contributed by atoms with Gasteiger partial charge < -0.3 is 10.1 Å². The summed E-state index contributed by atoms with van der Waals surface area (Å²) in [5, 5.41) is 3.40. The Bertz CT molecular complexity index is 411. The summed E-state index contributed by atoms with van der Waals surface area (Å²) in [6, 6.07) is 8.44. The Kier molecular flexibility index (Phi) is 4.02. The summed E-state index contributed by atoms with van der Waals surface area (Å²) in [4.78, 5) is 12.0. The van der Waals surface area contributed by atoms with Crippen LogP contribution in [0.3, 0.4) is 0 Å². The molecule has 1 aromatic carbocycles. The summed E-state index contributed by atoms with van der Waals surface area (Å²) >= 11 is 0. The van der Waals surface area contributed by atoms with Crippen molar-refractivity contribution in [2.24, 2.45) is 5.92 Å². The van der Waals surface area contributed by atoms with Gasteiger partial charge in [0.05, 0.1) is 12.0 Å². The van der Waals surface area contributed by atoms with E-state index in [9.17, 15) is 4.79 Å². The number of esters is 1. The van der Waals surface area contributed by atoms with E-state index in [1.807, 2.05) is 13.8 Å². The minimum atomic E-state index is -0.0828. The van der Waals surface area contributed by atoms with Crippen molar-refractivity contribution in [3.63, 3.8) is 0 Å². The first-order valence-corrected chi connectivity index (χ1v) is 6.58. The first kappa shape index (κ1) is 13.1. The number of ether oxygens (including phenoxy) is 1. The maximum absolute atomic E-state index is 12.0. The Labute approximate surface area is 109 Å². The molecule has 1 fully saturated rings. The Morgan fingerprint density at radius 3 is 2.61 bits per heavy atom. The second-order valence-corrected chi connectivity index (χ2v) is 5.22. The van der Waals surface area contributed by atoms with Gasteiger partial charge >= 0.3 is 5.97 Å². The lowest BCUT2D eigenvalue weighted by Crippen LogP contribution is -2.27. The van der Waals surface area contributed by atoms with Crippen molar-refractivity contribution in [1.82, 2.24) is 5.32 Å². The minimum Gasteiger partial charge on any atom is -0.463 e. The van der Waals surface area contributed by atoms with E-state index in [1.165, 1.54) is 11.1 Å². The Balaban J connectivity index is 2.12. The summed E-state index contributed by atoms with van der Waals surface area (Å²) in [6.45, 7) is 6.72. The third-order valence-corrected chi connectivity index (χ3v) is 3.31. The number of hydrogen-bond acceptors (Lipinski definition) is 3. The van der Waals surface area contributed by atoms with Crippen LogP contribution in [0.1, 0.15) is 37.4 Å². The van der Waals surface area contributed by atoms with Crippen molar-refractivity contribution < 1.29 is 9.53 Å². The van der Waals surface area contributed by atoms with E-state index < -0.39 is 0 Å². The molecule has 1 saturated heterocycles. The molecule has 1 aliphatic heterocycles. The Morgan fingerprint density at radius 2 is 2.00 bits per heavy atom. The van der Waals surface area contributed by atoms with E-state index in [0.29, 0.717) is 0 Å². The zero-order valence-corrected chi connectivity index (χ0v) is 11.3. The molecule has 1 N–H and O–H groups in total. The molecule has 3 nitrogen and oxygen atoms in total. The largest absolute Gasteiger partial charge is 0.463 e. The zero-order valence-electron chi connectivity index (χ0n) is 11.3. The van der Waals surface area contributed by atoms with Crippen LogP contribution in [-0.4, -0.2) is 18.6 Å². The van der Waals surface area contributed by atoms with Crippen molar-refractivity contribution in [1.29, 1.82) is 0 Å². The fourth-order valence-corrected chi connectivity index (χ4v) is 2.40. The molecular weight excluding hydrogens is 226 g/mol. The molecule has 98 valence electrons. The van der Waals surface area contributed by atoms with Gasteiger partial charge in [0, 0.05) is 6.04 Å². The Morgan fingerprint density at radius 1 is 1.33 bits per heavy atom. The van der Waals surface area contributed by atoms with E-state index in [4.69, 9.17) is 4.74 Å². The SMILES string of the molecule is Cc1ccc([C@@H]2NCC[C@H]2C(=O)OC(C)C)cc1. The van der Waals surface area contributed by atoms with Gasteiger partial charge in [-0.15, -0.1) is 0 Å². The molecule has 3 heteroatoms. The summed E-state index contributed by atoms with van der Waals surface area (Å²) in [5.74, 6) is -0.143. The molecule has 2 rings (SSSR count). The first-order chi connectivity index (χ1) is 8.58. The predicted molar refractivity (Wildman–Crippen MR) is 71.3 cm³/mol. The maximum atomic E-state index is 12.0. The lowest BCUT2D eigenvalue weighted by Gasteiger charge is -2.20. The molecule has 2 atom stereocenters. The number of benzene rings is 1. The lowest BCUT2D eigenvalue weighted by atomic mass is 9.94. The smallest absolute Gasteiger partial charge is 0.311 e. The summed E-state index contributed by atoms with van der Waals surface area (Å²) in [5.41, 5.74) is 2.40. The molecule has 0 amide bonds. The summed E-state index contributed by atoms with van der Waals surface area (Å²) in [7, 11) is 0. The third-order valence-electron chi connectivity index (χ3n) is 3.31. The Hall–Kier alpha value is -1.35. The van der Waals surface area contributed by atoms with Crippen molar-refractivity contribution in [3.8, 4) is 0 Å². The number of aryl methyl sites for hydroxylation is 1. The van der Waals surface area contributed by atoms with E-state index in [2.05, 4.69) is 36.5 Å². The predicted octanol–water partition coefficient (Wildman–Crippen LogP) is 2.60. The van der Waals surface area contributed by atoms with Crippen LogP contribution in [0.25, 0.3) is 0 Å². The third kappa shape index (κ3) is 2.91. The quantitative estimate of drug-likeness (QED) is 0.834. The molecule has 1 aliphatic rings.